The molecule has 2 N–H and O–H groups in total. The minimum absolute atomic E-state index is 0.164. The predicted octanol–water partition coefficient (Wildman–Crippen LogP) is 3.67. The molecule has 1 fully saturated rings. The molecule has 1 aliphatic rings. The lowest BCUT2D eigenvalue weighted by molar-refractivity contribution is -0.135. The van der Waals surface area contributed by atoms with E-state index in [0.717, 1.165) is 18.4 Å². The Morgan fingerprint density at radius 2 is 2.05 bits per heavy atom. The first-order valence-electron chi connectivity index (χ1n) is 7.81. The van der Waals surface area contributed by atoms with E-state index < -0.39 is 5.97 Å². The standard InChI is InChI=1S/C18H26N2O2/c1-4-6-7-10-14(3)17(20-15-11-8-9-12-15)13-16(19)18(21)22-5-2/h4,6-7,10,13,15,19-20H,3,5,8-9,11-12H2,1-2H3/b6-4-,10-7-,17-13-,19-16?. The average Bonchev–Trinajstić information content (AvgIpc) is 2.99. The van der Waals surface area contributed by atoms with Crippen LogP contribution >= 0.6 is 0 Å². The first kappa shape index (κ1) is 18.0. The number of esters is 1. The van der Waals surface area contributed by atoms with Crippen molar-refractivity contribution in [3.05, 3.63) is 48.2 Å². The van der Waals surface area contributed by atoms with E-state index in [0.29, 0.717) is 11.7 Å². The van der Waals surface area contributed by atoms with Crippen LogP contribution in [0.15, 0.2) is 48.2 Å². The Balaban J connectivity index is 2.86. The fourth-order valence-electron chi connectivity index (χ4n) is 2.30. The Labute approximate surface area is 133 Å². The van der Waals surface area contributed by atoms with Gasteiger partial charge in [0, 0.05) is 11.7 Å². The van der Waals surface area contributed by atoms with E-state index in [2.05, 4.69) is 11.9 Å². The van der Waals surface area contributed by atoms with Crippen molar-refractivity contribution in [2.75, 3.05) is 6.61 Å². The fraction of sp³-hybridized carbons (Fsp3) is 0.444. The lowest BCUT2D eigenvalue weighted by Crippen LogP contribution is -2.27. The fourth-order valence-corrected chi connectivity index (χ4v) is 2.30. The highest BCUT2D eigenvalue weighted by Crippen LogP contribution is 2.20. The van der Waals surface area contributed by atoms with E-state index >= 15 is 0 Å². The molecule has 0 aromatic rings. The highest BCUT2D eigenvalue weighted by molar-refractivity contribution is 6.40. The summed E-state index contributed by atoms with van der Waals surface area (Å²) in [5, 5.41) is 11.2. The van der Waals surface area contributed by atoms with Crippen LogP contribution in [0.1, 0.15) is 39.5 Å². The van der Waals surface area contributed by atoms with Crippen molar-refractivity contribution in [2.24, 2.45) is 0 Å². The molecule has 0 aromatic heterocycles. The van der Waals surface area contributed by atoms with Crippen molar-refractivity contribution < 1.29 is 9.53 Å². The Hall–Kier alpha value is -2.10. The maximum Gasteiger partial charge on any atom is 0.356 e. The summed E-state index contributed by atoms with van der Waals surface area (Å²) in [5.74, 6) is -0.613. The van der Waals surface area contributed by atoms with E-state index in [1.807, 2.05) is 31.2 Å². The molecule has 4 nitrogen and oxygen atoms in total. The third kappa shape index (κ3) is 6.12. The lowest BCUT2D eigenvalue weighted by Gasteiger charge is -2.17. The van der Waals surface area contributed by atoms with Crippen molar-refractivity contribution in [3.63, 3.8) is 0 Å². The summed E-state index contributed by atoms with van der Waals surface area (Å²) in [5.41, 5.74) is 1.30. The van der Waals surface area contributed by atoms with E-state index in [4.69, 9.17) is 10.1 Å². The number of hydrogen-bond acceptors (Lipinski definition) is 4. The SMILES string of the molecule is C=C(/C=C\C=C/C)/C(=C/C(=N)C(=O)OCC)NC1CCCC1. The summed E-state index contributed by atoms with van der Waals surface area (Å²) >= 11 is 0. The minimum Gasteiger partial charge on any atom is -0.461 e. The Morgan fingerprint density at radius 1 is 1.36 bits per heavy atom. The van der Waals surface area contributed by atoms with Gasteiger partial charge in [-0.2, -0.15) is 0 Å². The Kier molecular flexibility index (Phi) is 7.97. The van der Waals surface area contributed by atoms with Gasteiger partial charge in [-0.15, -0.1) is 0 Å². The zero-order valence-electron chi connectivity index (χ0n) is 13.5. The van der Waals surface area contributed by atoms with Gasteiger partial charge in [-0.3, -0.25) is 5.41 Å². The highest BCUT2D eigenvalue weighted by Gasteiger charge is 2.17. The molecule has 0 aromatic carbocycles. The number of allylic oxidation sites excluding steroid dienone is 4. The molecule has 0 amide bonds. The van der Waals surface area contributed by atoms with Crippen LogP contribution in [0.5, 0.6) is 0 Å². The molecule has 0 aliphatic heterocycles. The van der Waals surface area contributed by atoms with Gasteiger partial charge in [-0.1, -0.05) is 43.7 Å². The second kappa shape index (κ2) is 9.77. The monoisotopic (exact) mass is 302 g/mol. The number of rotatable bonds is 8. The molecule has 120 valence electrons. The predicted molar refractivity (Wildman–Crippen MR) is 90.9 cm³/mol. The van der Waals surface area contributed by atoms with E-state index in [1.54, 1.807) is 6.92 Å². The zero-order chi connectivity index (χ0) is 16.4. The maximum atomic E-state index is 11.6. The molecule has 0 unspecified atom stereocenters. The molecule has 22 heavy (non-hydrogen) atoms. The number of hydrogen-bond donors (Lipinski definition) is 2. The van der Waals surface area contributed by atoms with Gasteiger partial charge in [0.1, 0.15) is 5.71 Å². The molecular weight excluding hydrogens is 276 g/mol. The summed E-state index contributed by atoms with van der Waals surface area (Å²) in [4.78, 5) is 11.6. The molecule has 0 radical (unpaired) electrons. The van der Waals surface area contributed by atoms with Gasteiger partial charge in [-0.05, 0) is 38.3 Å². The van der Waals surface area contributed by atoms with E-state index in [1.165, 1.54) is 18.9 Å². The van der Waals surface area contributed by atoms with Gasteiger partial charge in [0.15, 0.2) is 0 Å². The summed E-state index contributed by atoms with van der Waals surface area (Å²) in [6.45, 7) is 7.96. The molecule has 0 saturated heterocycles. The number of carbonyl (C=O) groups excluding carboxylic acids is 1. The lowest BCUT2D eigenvalue weighted by atomic mass is 10.1. The van der Waals surface area contributed by atoms with Gasteiger partial charge in [0.25, 0.3) is 0 Å². The van der Waals surface area contributed by atoms with Crippen LogP contribution in [0.3, 0.4) is 0 Å². The molecule has 1 rings (SSSR count). The molecule has 0 spiro atoms. The summed E-state index contributed by atoms with van der Waals surface area (Å²) in [6.07, 6.45) is 13.7. The summed E-state index contributed by atoms with van der Waals surface area (Å²) in [6, 6.07) is 0.383. The zero-order valence-corrected chi connectivity index (χ0v) is 13.5. The van der Waals surface area contributed by atoms with Gasteiger partial charge < -0.3 is 10.1 Å². The molecule has 0 bridgehead atoms. The summed E-state index contributed by atoms with van der Waals surface area (Å²) in [7, 11) is 0. The second-order valence-electron chi connectivity index (χ2n) is 5.23. The molecule has 4 heteroatoms. The van der Waals surface area contributed by atoms with Gasteiger partial charge in [0.05, 0.1) is 6.61 Å². The Bertz CT molecular complexity index is 495. The number of nitrogens with one attached hydrogen (secondary N) is 2. The smallest absolute Gasteiger partial charge is 0.356 e. The van der Waals surface area contributed by atoms with Crippen LogP contribution in [0, 0.1) is 5.41 Å². The third-order valence-corrected chi connectivity index (χ3v) is 3.45. The van der Waals surface area contributed by atoms with Crippen molar-refractivity contribution in [1.82, 2.24) is 5.32 Å². The van der Waals surface area contributed by atoms with E-state index in [9.17, 15) is 4.79 Å². The van der Waals surface area contributed by atoms with Crippen LogP contribution in [-0.4, -0.2) is 24.3 Å². The summed E-state index contributed by atoms with van der Waals surface area (Å²) < 4.78 is 4.86. The topological polar surface area (TPSA) is 62.2 Å². The van der Waals surface area contributed by atoms with Crippen molar-refractivity contribution >= 4 is 11.7 Å². The second-order valence-corrected chi connectivity index (χ2v) is 5.23. The first-order chi connectivity index (χ1) is 10.6. The van der Waals surface area contributed by atoms with Crippen LogP contribution in [0.2, 0.25) is 0 Å². The van der Waals surface area contributed by atoms with Crippen molar-refractivity contribution in [3.8, 4) is 0 Å². The molecular formula is C18H26N2O2. The molecule has 0 heterocycles. The average molecular weight is 302 g/mol. The highest BCUT2D eigenvalue weighted by atomic mass is 16.5. The van der Waals surface area contributed by atoms with Crippen LogP contribution in [-0.2, 0) is 9.53 Å². The van der Waals surface area contributed by atoms with Crippen molar-refractivity contribution in [1.29, 1.82) is 5.41 Å². The van der Waals surface area contributed by atoms with Crippen LogP contribution < -0.4 is 5.32 Å². The van der Waals surface area contributed by atoms with Crippen LogP contribution in [0.25, 0.3) is 0 Å². The Morgan fingerprint density at radius 3 is 2.64 bits per heavy atom. The largest absolute Gasteiger partial charge is 0.461 e. The van der Waals surface area contributed by atoms with Gasteiger partial charge in [0.2, 0.25) is 0 Å². The van der Waals surface area contributed by atoms with E-state index in [-0.39, 0.29) is 12.3 Å². The quantitative estimate of drug-likeness (QED) is 0.408. The first-order valence-corrected chi connectivity index (χ1v) is 7.81. The molecule has 0 atom stereocenters. The maximum absolute atomic E-state index is 11.6. The normalized spacial score (nSPS) is 16.4. The number of carbonyl (C=O) groups is 1. The van der Waals surface area contributed by atoms with Crippen molar-refractivity contribution in [2.45, 2.75) is 45.6 Å². The van der Waals surface area contributed by atoms with Gasteiger partial charge in [-0.25, -0.2) is 4.79 Å². The minimum atomic E-state index is -0.613. The van der Waals surface area contributed by atoms with Crippen LogP contribution in [0.4, 0.5) is 0 Å². The van der Waals surface area contributed by atoms with Gasteiger partial charge >= 0.3 is 5.97 Å². The third-order valence-electron chi connectivity index (χ3n) is 3.45. The number of ether oxygens (including phenoxy) is 1. The molecule has 1 saturated carbocycles. The molecule has 1 aliphatic carbocycles.